The van der Waals surface area contributed by atoms with Crippen molar-refractivity contribution in [1.82, 2.24) is 5.32 Å². The lowest BCUT2D eigenvalue weighted by Gasteiger charge is -2.31. The highest BCUT2D eigenvalue weighted by Crippen LogP contribution is 2.28. The maximum Gasteiger partial charge on any atom is 0.253 e. The topological polar surface area (TPSA) is 61.4 Å². The predicted molar refractivity (Wildman–Crippen MR) is 112 cm³/mol. The zero-order valence-electron chi connectivity index (χ0n) is 17.5. The van der Waals surface area contributed by atoms with E-state index >= 15 is 0 Å². The van der Waals surface area contributed by atoms with Crippen LogP contribution in [0.15, 0.2) is 18.2 Å². The molecule has 0 aromatic heterocycles. The normalized spacial score (nSPS) is 16.0. The van der Waals surface area contributed by atoms with Crippen molar-refractivity contribution in [3.05, 3.63) is 23.8 Å². The molecule has 1 atom stereocenters. The van der Waals surface area contributed by atoms with Gasteiger partial charge < -0.3 is 15.5 Å². The number of anilines is 2. The average molecular weight is 374 g/mol. The third-order valence-electron chi connectivity index (χ3n) is 4.90. The van der Waals surface area contributed by atoms with E-state index in [2.05, 4.69) is 22.5 Å². The van der Waals surface area contributed by atoms with Crippen LogP contribution < -0.4 is 15.5 Å². The minimum absolute atomic E-state index is 0.0264. The Hall–Kier alpha value is -2.04. The van der Waals surface area contributed by atoms with Crippen LogP contribution in [0.2, 0.25) is 0 Å². The number of amides is 2. The molecule has 5 heteroatoms. The van der Waals surface area contributed by atoms with E-state index in [1.54, 1.807) is 0 Å². The lowest BCUT2D eigenvalue weighted by atomic mass is 9.92. The Morgan fingerprint density at radius 3 is 2.41 bits per heavy atom. The molecule has 0 radical (unpaired) electrons. The fourth-order valence-electron chi connectivity index (χ4n) is 3.30. The van der Waals surface area contributed by atoms with Crippen LogP contribution in [0.25, 0.3) is 0 Å². The fraction of sp³-hybridized carbons (Fsp3) is 0.636. The summed E-state index contributed by atoms with van der Waals surface area (Å²) in [4.78, 5) is 27.5. The van der Waals surface area contributed by atoms with E-state index in [0.29, 0.717) is 17.7 Å². The minimum Gasteiger partial charge on any atom is -0.371 e. The number of carbonyl (C=O) groups excluding carboxylic acids is 2. The smallest absolute Gasteiger partial charge is 0.253 e. The summed E-state index contributed by atoms with van der Waals surface area (Å²) >= 11 is 0. The van der Waals surface area contributed by atoms with Gasteiger partial charge in [0.25, 0.3) is 5.91 Å². The molecule has 2 amide bonds. The summed E-state index contributed by atoms with van der Waals surface area (Å²) in [6, 6.07) is 5.82. The predicted octanol–water partition coefficient (Wildman–Crippen LogP) is 4.58. The molecule has 2 rings (SSSR count). The molecular formula is C22H35N3O2. The van der Waals surface area contributed by atoms with Gasteiger partial charge in [-0.15, -0.1) is 0 Å². The van der Waals surface area contributed by atoms with Gasteiger partial charge in [-0.1, -0.05) is 27.7 Å². The largest absolute Gasteiger partial charge is 0.371 e. The highest BCUT2D eigenvalue weighted by atomic mass is 16.2. The second kappa shape index (κ2) is 9.25. The third-order valence-corrected chi connectivity index (χ3v) is 4.90. The lowest BCUT2D eigenvalue weighted by molar-refractivity contribution is -0.117. The monoisotopic (exact) mass is 373 g/mol. The summed E-state index contributed by atoms with van der Waals surface area (Å²) in [7, 11) is 0. The van der Waals surface area contributed by atoms with Gasteiger partial charge in [0.15, 0.2) is 0 Å². The molecule has 1 aromatic carbocycles. The molecule has 150 valence electrons. The molecule has 1 fully saturated rings. The summed E-state index contributed by atoms with van der Waals surface area (Å²) < 4.78 is 0. The Morgan fingerprint density at radius 2 is 1.81 bits per heavy atom. The van der Waals surface area contributed by atoms with Crippen LogP contribution in [0.4, 0.5) is 11.4 Å². The molecule has 1 saturated heterocycles. The van der Waals surface area contributed by atoms with Gasteiger partial charge in [-0.25, -0.2) is 0 Å². The molecule has 1 aromatic rings. The van der Waals surface area contributed by atoms with E-state index in [9.17, 15) is 9.59 Å². The molecule has 0 bridgehead atoms. The second-order valence-corrected chi connectivity index (χ2v) is 8.85. The van der Waals surface area contributed by atoms with Crippen molar-refractivity contribution < 1.29 is 9.59 Å². The second-order valence-electron chi connectivity index (χ2n) is 8.85. The molecule has 1 aliphatic rings. The van der Waals surface area contributed by atoms with Crippen molar-refractivity contribution >= 4 is 23.2 Å². The Bertz CT molecular complexity index is 658. The van der Waals surface area contributed by atoms with Crippen molar-refractivity contribution in [3.63, 3.8) is 0 Å². The number of carbonyl (C=O) groups is 2. The van der Waals surface area contributed by atoms with E-state index in [-0.39, 0.29) is 23.3 Å². The number of piperidine rings is 1. The van der Waals surface area contributed by atoms with Gasteiger partial charge in [-0.2, -0.15) is 0 Å². The number of rotatable bonds is 6. The van der Waals surface area contributed by atoms with E-state index in [0.717, 1.165) is 38.0 Å². The first-order valence-electron chi connectivity index (χ1n) is 10.2. The van der Waals surface area contributed by atoms with Crippen LogP contribution in [-0.4, -0.2) is 30.9 Å². The van der Waals surface area contributed by atoms with Crippen molar-refractivity contribution in [2.24, 2.45) is 5.41 Å². The highest BCUT2D eigenvalue weighted by Gasteiger charge is 2.21. The summed E-state index contributed by atoms with van der Waals surface area (Å²) in [6.45, 7) is 12.1. The van der Waals surface area contributed by atoms with Gasteiger partial charge in [-0.05, 0) is 56.2 Å². The van der Waals surface area contributed by atoms with Crippen LogP contribution in [0.5, 0.6) is 0 Å². The van der Waals surface area contributed by atoms with Crippen LogP contribution in [0.3, 0.4) is 0 Å². The molecule has 2 N–H and O–H groups in total. The maximum atomic E-state index is 12.9. The summed E-state index contributed by atoms with van der Waals surface area (Å²) in [5.41, 5.74) is 2.21. The molecule has 1 heterocycles. The first-order valence-corrected chi connectivity index (χ1v) is 10.2. The first-order chi connectivity index (χ1) is 12.7. The van der Waals surface area contributed by atoms with Gasteiger partial charge in [0.05, 0.1) is 5.56 Å². The van der Waals surface area contributed by atoms with Crippen LogP contribution in [-0.2, 0) is 4.79 Å². The molecule has 5 nitrogen and oxygen atoms in total. The minimum atomic E-state index is -0.0748. The summed E-state index contributed by atoms with van der Waals surface area (Å²) in [5, 5.41) is 6.02. The van der Waals surface area contributed by atoms with Crippen molar-refractivity contribution in [3.8, 4) is 0 Å². The van der Waals surface area contributed by atoms with Crippen molar-refractivity contribution in [2.75, 3.05) is 23.3 Å². The van der Waals surface area contributed by atoms with E-state index in [1.807, 2.05) is 45.9 Å². The van der Waals surface area contributed by atoms with Crippen molar-refractivity contribution in [1.29, 1.82) is 0 Å². The van der Waals surface area contributed by atoms with Crippen LogP contribution >= 0.6 is 0 Å². The molecule has 27 heavy (non-hydrogen) atoms. The molecule has 1 aliphatic heterocycles. The van der Waals surface area contributed by atoms with E-state index < -0.39 is 0 Å². The Morgan fingerprint density at radius 1 is 1.15 bits per heavy atom. The van der Waals surface area contributed by atoms with Gasteiger partial charge >= 0.3 is 0 Å². The molecule has 0 aliphatic carbocycles. The Balaban J connectivity index is 2.26. The van der Waals surface area contributed by atoms with Crippen LogP contribution in [0.1, 0.15) is 77.1 Å². The van der Waals surface area contributed by atoms with E-state index in [1.165, 1.54) is 6.42 Å². The summed E-state index contributed by atoms with van der Waals surface area (Å²) in [6.07, 6.45) is 4.86. The maximum absolute atomic E-state index is 12.9. The highest BCUT2D eigenvalue weighted by molar-refractivity contribution is 6.02. The molecule has 0 spiro atoms. The van der Waals surface area contributed by atoms with Gasteiger partial charge in [0, 0.05) is 36.9 Å². The third kappa shape index (κ3) is 6.56. The lowest BCUT2D eigenvalue weighted by Crippen LogP contribution is -2.35. The fourth-order valence-corrected chi connectivity index (χ4v) is 3.30. The van der Waals surface area contributed by atoms with Crippen LogP contribution in [0, 0.1) is 5.41 Å². The quantitative estimate of drug-likeness (QED) is 0.767. The Kier molecular flexibility index (Phi) is 7.28. The van der Waals surface area contributed by atoms with E-state index in [4.69, 9.17) is 0 Å². The first kappa shape index (κ1) is 21.3. The number of nitrogens with zero attached hydrogens (tertiary/aromatic N) is 1. The number of benzene rings is 1. The number of hydrogen-bond acceptors (Lipinski definition) is 3. The zero-order chi connectivity index (χ0) is 20.0. The van der Waals surface area contributed by atoms with Gasteiger partial charge in [0.1, 0.15) is 0 Å². The molecule has 1 unspecified atom stereocenters. The summed E-state index contributed by atoms with van der Waals surface area (Å²) in [5.74, 6) is -0.0987. The zero-order valence-corrected chi connectivity index (χ0v) is 17.5. The standard InChI is InChI=1S/C22H35N3O2/c1-6-16(2)23-21(27)18-14-17(24-20(26)15-22(3,4)5)10-11-19(18)25-12-8-7-9-13-25/h10-11,14,16H,6-9,12-13,15H2,1-5H3,(H,23,27)(H,24,26). The SMILES string of the molecule is CCC(C)NC(=O)c1cc(NC(=O)CC(C)(C)C)ccc1N1CCCCC1. The van der Waals surface area contributed by atoms with Gasteiger partial charge in [-0.3, -0.25) is 9.59 Å². The van der Waals surface area contributed by atoms with Gasteiger partial charge in [0.2, 0.25) is 5.91 Å². The van der Waals surface area contributed by atoms with Crippen molar-refractivity contribution in [2.45, 2.75) is 72.8 Å². The Labute approximate surface area is 163 Å². The molecule has 0 saturated carbocycles. The average Bonchev–Trinajstić information content (AvgIpc) is 2.60. The number of nitrogens with one attached hydrogen (secondary N) is 2. The molecular weight excluding hydrogens is 338 g/mol. The number of hydrogen-bond donors (Lipinski definition) is 2.